The molecule has 1 aliphatic rings. The molecule has 1 saturated heterocycles. The third kappa shape index (κ3) is 4.01. The van der Waals surface area contributed by atoms with Crippen LogP contribution in [0.1, 0.15) is 12.5 Å². The molecule has 0 amide bonds. The molecule has 5 nitrogen and oxygen atoms in total. The van der Waals surface area contributed by atoms with Crippen molar-refractivity contribution >= 4 is 10.0 Å². The van der Waals surface area contributed by atoms with Gasteiger partial charge in [-0.3, -0.25) is 9.88 Å². The molecule has 0 N–H and O–H groups in total. The summed E-state index contributed by atoms with van der Waals surface area (Å²) in [4.78, 5) is 6.48. The maximum atomic E-state index is 11.9. The van der Waals surface area contributed by atoms with Crippen molar-refractivity contribution in [2.45, 2.75) is 13.5 Å². The molecule has 0 spiro atoms. The van der Waals surface area contributed by atoms with Crippen molar-refractivity contribution in [3.05, 3.63) is 54.4 Å². The zero-order chi connectivity index (χ0) is 17.0. The molecule has 6 heteroatoms. The van der Waals surface area contributed by atoms with E-state index in [-0.39, 0.29) is 5.75 Å². The van der Waals surface area contributed by atoms with E-state index >= 15 is 0 Å². The van der Waals surface area contributed by atoms with Gasteiger partial charge in [-0.05, 0) is 35.7 Å². The standard InChI is InChI=1S/C18H23N3O2S/c1-2-24(22,23)21-11-9-20(10-12-21)15-16-5-3-6-17(13-16)18-7-4-8-19-14-18/h3-8,13-14H,2,9-12,15H2,1H3. The van der Waals surface area contributed by atoms with Gasteiger partial charge in [-0.1, -0.05) is 24.3 Å². The van der Waals surface area contributed by atoms with E-state index in [0.717, 1.165) is 30.8 Å². The smallest absolute Gasteiger partial charge is 0.213 e. The first kappa shape index (κ1) is 17.1. The van der Waals surface area contributed by atoms with Gasteiger partial charge in [-0.25, -0.2) is 8.42 Å². The average Bonchev–Trinajstić information content (AvgIpc) is 2.63. The van der Waals surface area contributed by atoms with Gasteiger partial charge in [-0.2, -0.15) is 4.31 Å². The SMILES string of the molecule is CCS(=O)(=O)N1CCN(Cc2cccc(-c3cccnc3)c2)CC1. The number of nitrogens with zero attached hydrogens (tertiary/aromatic N) is 3. The van der Waals surface area contributed by atoms with E-state index in [4.69, 9.17) is 0 Å². The lowest BCUT2D eigenvalue weighted by Crippen LogP contribution is -2.48. The van der Waals surface area contributed by atoms with Crippen molar-refractivity contribution in [3.8, 4) is 11.1 Å². The number of sulfonamides is 1. The fourth-order valence-corrected chi connectivity index (χ4v) is 4.07. The minimum absolute atomic E-state index is 0.181. The summed E-state index contributed by atoms with van der Waals surface area (Å²) in [5.41, 5.74) is 3.51. The van der Waals surface area contributed by atoms with Crippen LogP contribution in [0.25, 0.3) is 11.1 Å². The maximum Gasteiger partial charge on any atom is 0.213 e. The Kier molecular flexibility index (Phi) is 5.28. The number of hydrogen-bond donors (Lipinski definition) is 0. The molecule has 3 rings (SSSR count). The minimum atomic E-state index is -3.06. The number of hydrogen-bond acceptors (Lipinski definition) is 4. The van der Waals surface area contributed by atoms with Crippen molar-refractivity contribution in [2.24, 2.45) is 0 Å². The second kappa shape index (κ2) is 7.42. The van der Waals surface area contributed by atoms with E-state index < -0.39 is 10.0 Å². The maximum absolute atomic E-state index is 11.9. The molecule has 1 aromatic heterocycles. The lowest BCUT2D eigenvalue weighted by Gasteiger charge is -2.33. The Labute approximate surface area is 144 Å². The molecule has 0 saturated carbocycles. The highest BCUT2D eigenvalue weighted by Crippen LogP contribution is 2.20. The van der Waals surface area contributed by atoms with Gasteiger partial charge in [0.25, 0.3) is 0 Å². The van der Waals surface area contributed by atoms with Crippen LogP contribution in [0.3, 0.4) is 0 Å². The van der Waals surface area contributed by atoms with Crippen LogP contribution in [0.15, 0.2) is 48.8 Å². The van der Waals surface area contributed by atoms with Gasteiger partial charge in [0.15, 0.2) is 0 Å². The zero-order valence-corrected chi connectivity index (χ0v) is 14.7. The number of benzene rings is 1. The molecule has 0 atom stereocenters. The zero-order valence-electron chi connectivity index (χ0n) is 13.9. The Hall–Kier alpha value is -1.76. The summed E-state index contributed by atoms with van der Waals surface area (Å²) in [6.07, 6.45) is 3.64. The molecule has 0 bridgehead atoms. The summed E-state index contributed by atoms with van der Waals surface area (Å²) in [6, 6.07) is 12.5. The molecular weight excluding hydrogens is 322 g/mol. The number of rotatable bonds is 5. The van der Waals surface area contributed by atoms with Crippen LogP contribution in [0.2, 0.25) is 0 Å². The van der Waals surface area contributed by atoms with E-state index in [1.54, 1.807) is 17.4 Å². The average molecular weight is 345 g/mol. The van der Waals surface area contributed by atoms with Crippen molar-refractivity contribution < 1.29 is 8.42 Å². The van der Waals surface area contributed by atoms with Gasteiger partial charge in [0.05, 0.1) is 5.75 Å². The lowest BCUT2D eigenvalue weighted by atomic mass is 10.0. The molecule has 0 unspecified atom stereocenters. The molecule has 2 aromatic rings. The Morgan fingerprint density at radius 3 is 2.46 bits per heavy atom. The Bertz CT molecular complexity index is 770. The quantitative estimate of drug-likeness (QED) is 0.834. The summed E-state index contributed by atoms with van der Waals surface area (Å²) in [6.45, 7) is 5.25. The molecule has 24 heavy (non-hydrogen) atoms. The largest absolute Gasteiger partial charge is 0.296 e. The summed E-state index contributed by atoms with van der Waals surface area (Å²) in [5, 5.41) is 0. The van der Waals surface area contributed by atoms with Crippen LogP contribution < -0.4 is 0 Å². The molecule has 0 aliphatic carbocycles. The van der Waals surface area contributed by atoms with E-state index in [9.17, 15) is 8.42 Å². The predicted molar refractivity (Wildman–Crippen MR) is 96.0 cm³/mol. The fraction of sp³-hybridized carbons (Fsp3) is 0.389. The molecular formula is C18H23N3O2S. The van der Waals surface area contributed by atoms with Crippen LogP contribution in [0.5, 0.6) is 0 Å². The third-order valence-electron chi connectivity index (χ3n) is 4.42. The summed E-state index contributed by atoms with van der Waals surface area (Å²) in [7, 11) is -3.06. The normalized spacial score (nSPS) is 17.0. The van der Waals surface area contributed by atoms with Crippen LogP contribution in [0, 0.1) is 0 Å². The Balaban J connectivity index is 1.64. The predicted octanol–water partition coefficient (Wildman–Crippen LogP) is 2.22. The van der Waals surface area contributed by atoms with Crippen molar-refractivity contribution in [3.63, 3.8) is 0 Å². The molecule has 1 aromatic carbocycles. The van der Waals surface area contributed by atoms with Crippen molar-refractivity contribution in [2.75, 3.05) is 31.9 Å². The fourth-order valence-electron chi connectivity index (χ4n) is 2.99. The summed E-state index contributed by atoms with van der Waals surface area (Å²) in [5.74, 6) is 0.181. The highest BCUT2D eigenvalue weighted by Gasteiger charge is 2.25. The highest BCUT2D eigenvalue weighted by molar-refractivity contribution is 7.89. The number of pyridine rings is 1. The molecule has 2 heterocycles. The van der Waals surface area contributed by atoms with Gasteiger partial charge < -0.3 is 0 Å². The minimum Gasteiger partial charge on any atom is -0.296 e. The van der Waals surface area contributed by atoms with Crippen molar-refractivity contribution in [1.82, 2.24) is 14.2 Å². The molecule has 1 fully saturated rings. The van der Waals surface area contributed by atoms with Crippen LogP contribution in [-0.4, -0.2) is 54.5 Å². The van der Waals surface area contributed by atoms with Gasteiger partial charge in [0.1, 0.15) is 0 Å². The first-order chi connectivity index (χ1) is 11.6. The topological polar surface area (TPSA) is 53.5 Å². The summed E-state index contributed by atoms with van der Waals surface area (Å²) < 4.78 is 25.5. The second-order valence-electron chi connectivity index (χ2n) is 6.02. The third-order valence-corrected chi connectivity index (χ3v) is 6.30. The monoisotopic (exact) mass is 345 g/mol. The van der Waals surface area contributed by atoms with Crippen LogP contribution in [-0.2, 0) is 16.6 Å². The summed E-state index contributed by atoms with van der Waals surface area (Å²) >= 11 is 0. The number of piperazine rings is 1. The number of aromatic nitrogens is 1. The van der Waals surface area contributed by atoms with E-state index in [2.05, 4.69) is 40.2 Å². The van der Waals surface area contributed by atoms with Gasteiger partial charge in [0, 0.05) is 45.1 Å². The van der Waals surface area contributed by atoms with Gasteiger partial charge in [0.2, 0.25) is 10.0 Å². The molecule has 128 valence electrons. The Morgan fingerprint density at radius 2 is 1.79 bits per heavy atom. The first-order valence-electron chi connectivity index (χ1n) is 8.28. The van der Waals surface area contributed by atoms with Gasteiger partial charge in [-0.15, -0.1) is 0 Å². The molecule has 1 aliphatic heterocycles. The van der Waals surface area contributed by atoms with E-state index in [0.29, 0.717) is 13.1 Å². The van der Waals surface area contributed by atoms with Crippen LogP contribution in [0.4, 0.5) is 0 Å². The second-order valence-corrected chi connectivity index (χ2v) is 8.28. The van der Waals surface area contributed by atoms with E-state index in [1.165, 1.54) is 5.56 Å². The van der Waals surface area contributed by atoms with Gasteiger partial charge >= 0.3 is 0 Å². The van der Waals surface area contributed by atoms with Crippen LogP contribution >= 0.6 is 0 Å². The Morgan fingerprint density at radius 1 is 1.04 bits per heavy atom. The van der Waals surface area contributed by atoms with Crippen molar-refractivity contribution in [1.29, 1.82) is 0 Å². The lowest BCUT2D eigenvalue weighted by molar-refractivity contribution is 0.182. The highest BCUT2D eigenvalue weighted by atomic mass is 32.2. The molecule has 0 radical (unpaired) electrons. The first-order valence-corrected chi connectivity index (χ1v) is 9.89. The van der Waals surface area contributed by atoms with E-state index in [1.807, 2.05) is 12.3 Å².